The van der Waals surface area contributed by atoms with Crippen LogP contribution in [0.5, 0.6) is 0 Å². The van der Waals surface area contributed by atoms with E-state index in [9.17, 15) is 0 Å². The fourth-order valence-electron chi connectivity index (χ4n) is 3.48. The van der Waals surface area contributed by atoms with Crippen LogP contribution in [0.2, 0.25) is 0 Å². The lowest BCUT2D eigenvalue weighted by atomic mass is 10.1. The number of thiophene rings is 2. The Kier molecular flexibility index (Phi) is 4.57. The maximum atomic E-state index is 4.83. The van der Waals surface area contributed by atoms with Crippen LogP contribution in [0.1, 0.15) is 16.1 Å². The molecule has 4 heterocycles. The monoisotopic (exact) mass is 389 g/mol. The number of aromatic nitrogens is 2. The van der Waals surface area contributed by atoms with Crippen molar-refractivity contribution in [2.45, 2.75) is 19.5 Å². The summed E-state index contributed by atoms with van der Waals surface area (Å²) in [7, 11) is 0. The van der Waals surface area contributed by atoms with E-state index in [0.29, 0.717) is 0 Å². The van der Waals surface area contributed by atoms with Crippen LogP contribution in [0.25, 0.3) is 21.8 Å². The second-order valence-electron chi connectivity index (χ2n) is 6.77. The first-order chi connectivity index (χ1) is 13.3. The predicted molar refractivity (Wildman–Crippen MR) is 113 cm³/mol. The van der Waals surface area contributed by atoms with E-state index in [-0.39, 0.29) is 0 Å². The van der Waals surface area contributed by atoms with Gasteiger partial charge in [0.25, 0.3) is 0 Å². The third-order valence-electron chi connectivity index (χ3n) is 4.89. The standard InChI is InChI=1S/C22H19N3S2/c1-2-4-16(5-3-1)22-23-12-18-13-25(10-8-20(18)24-22)14-19-6-7-21(27-19)17-9-11-26-15-17/h1-7,9,11-12,15H,8,10,13-14H2. The molecule has 0 radical (unpaired) electrons. The van der Waals surface area contributed by atoms with Crippen molar-refractivity contribution in [2.75, 3.05) is 6.54 Å². The quantitative estimate of drug-likeness (QED) is 0.462. The van der Waals surface area contributed by atoms with E-state index in [0.717, 1.165) is 37.4 Å². The average Bonchev–Trinajstić information content (AvgIpc) is 3.40. The molecule has 0 unspecified atom stereocenters. The van der Waals surface area contributed by atoms with E-state index in [2.05, 4.69) is 51.0 Å². The minimum atomic E-state index is 0.835. The van der Waals surface area contributed by atoms with Crippen LogP contribution >= 0.6 is 22.7 Å². The maximum absolute atomic E-state index is 4.83. The van der Waals surface area contributed by atoms with E-state index >= 15 is 0 Å². The molecule has 0 N–H and O–H groups in total. The Bertz CT molecular complexity index is 1040. The predicted octanol–water partition coefficient (Wildman–Crippen LogP) is 5.49. The number of hydrogen-bond donors (Lipinski definition) is 0. The van der Waals surface area contributed by atoms with Crippen molar-refractivity contribution in [3.05, 3.63) is 81.6 Å². The molecule has 3 aromatic heterocycles. The van der Waals surface area contributed by atoms with Crippen molar-refractivity contribution < 1.29 is 0 Å². The largest absolute Gasteiger partial charge is 0.293 e. The normalized spacial score (nSPS) is 14.2. The maximum Gasteiger partial charge on any atom is 0.159 e. The van der Waals surface area contributed by atoms with Crippen LogP contribution in [0.15, 0.2) is 65.5 Å². The highest BCUT2D eigenvalue weighted by Gasteiger charge is 2.19. The van der Waals surface area contributed by atoms with Gasteiger partial charge >= 0.3 is 0 Å². The van der Waals surface area contributed by atoms with Crippen molar-refractivity contribution in [1.29, 1.82) is 0 Å². The van der Waals surface area contributed by atoms with Crippen molar-refractivity contribution in [1.82, 2.24) is 14.9 Å². The summed E-state index contributed by atoms with van der Waals surface area (Å²) in [6.07, 6.45) is 3.00. The zero-order valence-electron chi connectivity index (χ0n) is 14.8. The summed E-state index contributed by atoms with van der Waals surface area (Å²) in [5, 5.41) is 4.36. The SMILES string of the molecule is c1ccc(-c2ncc3c(n2)CCN(Cc2ccc(-c4ccsc4)s2)C3)cc1. The molecule has 0 saturated carbocycles. The van der Waals surface area contributed by atoms with Gasteiger partial charge in [-0.2, -0.15) is 11.3 Å². The second kappa shape index (κ2) is 7.35. The van der Waals surface area contributed by atoms with E-state index in [1.807, 2.05) is 35.7 Å². The number of fused-ring (bicyclic) bond motifs is 1. The highest BCUT2D eigenvalue weighted by Crippen LogP contribution is 2.31. The Morgan fingerprint density at radius 1 is 1.00 bits per heavy atom. The third-order valence-corrected chi connectivity index (χ3v) is 6.69. The zero-order chi connectivity index (χ0) is 18.1. The van der Waals surface area contributed by atoms with Gasteiger partial charge in [-0.05, 0) is 29.0 Å². The lowest BCUT2D eigenvalue weighted by Gasteiger charge is -2.27. The van der Waals surface area contributed by atoms with Gasteiger partial charge in [-0.3, -0.25) is 4.90 Å². The van der Waals surface area contributed by atoms with Crippen LogP contribution in [0.3, 0.4) is 0 Å². The van der Waals surface area contributed by atoms with Gasteiger partial charge in [-0.1, -0.05) is 30.3 Å². The lowest BCUT2D eigenvalue weighted by molar-refractivity contribution is 0.245. The molecular weight excluding hydrogens is 370 g/mol. The molecule has 0 bridgehead atoms. The van der Waals surface area contributed by atoms with Gasteiger partial charge in [0.1, 0.15) is 0 Å². The van der Waals surface area contributed by atoms with Gasteiger partial charge in [0.2, 0.25) is 0 Å². The molecule has 1 aliphatic heterocycles. The molecular formula is C22H19N3S2. The molecule has 3 nitrogen and oxygen atoms in total. The molecule has 4 aromatic rings. The average molecular weight is 390 g/mol. The number of rotatable bonds is 4. The van der Waals surface area contributed by atoms with Crippen LogP contribution in [-0.2, 0) is 19.5 Å². The molecule has 0 fully saturated rings. The molecule has 0 saturated heterocycles. The first kappa shape index (κ1) is 16.8. The summed E-state index contributed by atoms with van der Waals surface area (Å²) in [5.41, 5.74) is 4.88. The van der Waals surface area contributed by atoms with Gasteiger partial charge in [0.05, 0.1) is 5.69 Å². The van der Waals surface area contributed by atoms with E-state index in [1.54, 1.807) is 11.3 Å². The van der Waals surface area contributed by atoms with Crippen LogP contribution in [0, 0.1) is 0 Å². The summed E-state index contributed by atoms with van der Waals surface area (Å²) >= 11 is 3.65. The fourth-order valence-corrected chi connectivity index (χ4v) is 5.26. The molecule has 27 heavy (non-hydrogen) atoms. The number of hydrogen-bond acceptors (Lipinski definition) is 5. The molecule has 0 aliphatic carbocycles. The van der Waals surface area contributed by atoms with Crippen LogP contribution in [-0.4, -0.2) is 21.4 Å². The van der Waals surface area contributed by atoms with Gasteiger partial charge in [-0.25, -0.2) is 9.97 Å². The molecule has 134 valence electrons. The van der Waals surface area contributed by atoms with Crippen molar-refractivity contribution in [3.8, 4) is 21.8 Å². The van der Waals surface area contributed by atoms with E-state index < -0.39 is 0 Å². The Morgan fingerprint density at radius 2 is 1.93 bits per heavy atom. The molecule has 0 spiro atoms. The summed E-state index contributed by atoms with van der Waals surface area (Å²) < 4.78 is 0. The Balaban J connectivity index is 1.30. The first-order valence-electron chi connectivity index (χ1n) is 9.09. The van der Waals surface area contributed by atoms with Crippen LogP contribution < -0.4 is 0 Å². The van der Waals surface area contributed by atoms with E-state index in [1.165, 1.54) is 26.6 Å². The highest BCUT2D eigenvalue weighted by atomic mass is 32.1. The minimum Gasteiger partial charge on any atom is -0.293 e. The zero-order valence-corrected chi connectivity index (χ0v) is 16.5. The highest BCUT2D eigenvalue weighted by molar-refractivity contribution is 7.16. The van der Waals surface area contributed by atoms with Crippen molar-refractivity contribution >= 4 is 22.7 Å². The molecule has 0 amide bonds. The Labute approximate surface area is 167 Å². The van der Waals surface area contributed by atoms with Gasteiger partial charge in [0, 0.05) is 58.7 Å². The number of nitrogens with zero attached hydrogens (tertiary/aromatic N) is 3. The summed E-state index contributed by atoms with van der Waals surface area (Å²) in [6, 6.07) is 16.9. The van der Waals surface area contributed by atoms with Gasteiger partial charge < -0.3 is 0 Å². The molecule has 5 rings (SSSR count). The summed E-state index contributed by atoms with van der Waals surface area (Å²) in [4.78, 5) is 14.7. The first-order valence-corrected chi connectivity index (χ1v) is 10.8. The Hall–Kier alpha value is -2.34. The van der Waals surface area contributed by atoms with Crippen LogP contribution in [0.4, 0.5) is 0 Å². The third kappa shape index (κ3) is 3.58. The van der Waals surface area contributed by atoms with Gasteiger partial charge in [-0.15, -0.1) is 11.3 Å². The van der Waals surface area contributed by atoms with Crippen molar-refractivity contribution in [3.63, 3.8) is 0 Å². The number of benzene rings is 1. The van der Waals surface area contributed by atoms with Crippen molar-refractivity contribution in [2.24, 2.45) is 0 Å². The molecule has 1 aliphatic rings. The summed E-state index contributed by atoms with van der Waals surface area (Å²) in [6.45, 7) is 2.97. The van der Waals surface area contributed by atoms with Gasteiger partial charge in [0.15, 0.2) is 5.82 Å². The topological polar surface area (TPSA) is 29.0 Å². The van der Waals surface area contributed by atoms with E-state index in [4.69, 9.17) is 4.98 Å². The lowest BCUT2D eigenvalue weighted by Crippen LogP contribution is -2.30. The second-order valence-corrected chi connectivity index (χ2v) is 8.72. The summed E-state index contributed by atoms with van der Waals surface area (Å²) in [5.74, 6) is 0.835. The molecule has 0 atom stereocenters. The minimum absolute atomic E-state index is 0.835. The Morgan fingerprint density at radius 3 is 2.78 bits per heavy atom. The molecule has 5 heteroatoms. The fraction of sp³-hybridized carbons (Fsp3) is 0.182. The molecule has 1 aromatic carbocycles. The smallest absolute Gasteiger partial charge is 0.159 e.